The second kappa shape index (κ2) is 12.0. The normalized spacial score (nSPS) is 13.4. The lowest BCUT2D eigenvalue weighted by atomic mass is 10.1. The molecule has 43 heavy (non-hydrogen) atoms. The number of carbonyl (C=O) groups is 1. The zero-order chi connectivity index (χ0) is 29.8. The minimum atomic E-state index is -4.95. The number of halogens is 3. The molecule has 13 heteroatoms. The molecular weight excluding hydrogens is 563 g/mol. The molecule has 10 nitrogen and oxygen atoms in total. The van der Waals surface area contributed by atoms with Crippen molar-refractivity contribution in [3.63, 3.8) is 0 Å². The zero-order valence-electron chi connectivity index (χ0n) is 22.7. The first-order valence-electron chi connectivity index (χ1n) is 13.4. The van der Waals surface area contributed by atoms with Crippen LogP contribution in [0.25, 0.3) is 5.65 Å². The molecule has 0 aliphatic carbocycles. The monoisotopic (exact) mass is 589 g/mol. The Bertz CT molecular complexity index is 1670. The van der Waals surface area contributed by atoms with Crippen LogP contribution < -0.4 is 20.3 Å². The molecule has 3 aromatic heterocycles. The van der Waals surface area contributed by atoms with E-state index in [9.17, 15) is 18.0 Å². The van der Waals surface area contributed by atoms with Gasteiger partial charge in [0, 0.05) is 25.4 Å². The van der Waals surface area contributed by atoms with Crippen LogP contribution >= 0.6 is 0 Å². The van der Waals surface area contributed by atoms with E-state index in [1.807, 2.05) is 60.7 Å². The van der Waals surface area contributed by atoms with Crippen molar-refractivity contribution < 1.29 is 27.4 Å². The second-order valence-corrected chi connectivity index (χ2v) is 9.86. The third kappa shape index (κ3) is 6.67. The van der Waals surface area contributed by atoms with Crippen molar-refractivity contribution in [1.82, 2.24) is 24.9 Å². The Hall–Kier alpha value is -5.17. The van der Waals surface area contributed by atoms with E-state index in [0.717, 1.165) is 11.1 Å². The Kier molecular flexibility index (Phi) is 7.79. The number of nitrogens with zero attached hydrogens (tertiary/aromatic N) is 5. The molecule has 220 valence electrons. The first-order chi connectivity index (χ1) is 20.8. The van der Waals surface area contributed by atoms with Gasteiger partial charge in [-0.05, 0) is 23.3 Å². The number of nitrogens with one attached hydrogen (secondary N) is 2. The van der Waals surface area contributed by atoms with Gasteiger partial charge < -0.3 is 25.0 Å². The highest BCUT2D eigenvalue weighted by atomic mass is 19.4. The lowest BCUT2D eigenvalue weighted by Crippen LogP contribution is -2.48. The van der Waals surface area contributed by atoms with E-state index in [1.54, 1.807) is 10.6 Å². The van der Waals surface area contributed by atoms with Crippen molar-refractivity contribution in [1.29, 1.82) is 0 Å². The molecule has 2 aromatic carbocycles. The van der Waals surface area contributed by atoms with Crippen molar-refractivity contribution in [2.75, 3.05) is 23.4 Å². The van der Waals surface area contributed by atoms with Crippen LogP contribution in [0.5, 0.6) is 5.88 Å². The number of rotatable bonds is 10. The lowest BCUT2D eigenvalue weighted by molar-refractivity contribution is -0.275. The van der Waals surface area contributed by atoms with Crippen molar-refractivity contribution in [3.8, 4) is 5.88 Å². The molecule has 2 N–H and O–H groups in total. The molecule has 1 aliphatic heterocycles. The van der Waals surface area contributed by atoms with Gasteiger partial charge in [0.1, 0.15) is 22.9 Å². The van der Waals surface area contributed by atoms with Gasteiger partial charge in [0.15, 0.2) is 5.65 Å². The molecule has 6 rings (SSSR count). The van der Waals surface area contributed by atoms with E-state index in [-0.39, 0.29) is 34.7 Å². The van der Waals surface area contributed by atoms with Gasteiger partial charge in [0.2, 0.25) is 5.88 Å². The van der Waals surface area contributed by atoms with Crippen molar-refractivity contribution in [2.45, 2.75) is 25.5 Å². The average molecular weight is 590 g/mol. The topological polar surface area (TPSA) is 106 Å². The molecule has 1 saturated heterocycles. The summed E-state index contributed by atoms with van der Waals surface area (Å²) in [4.78, 5) is 23.6. The van der Waals surface area contributed by atoms with Crippen LogP contribution in [-0.2, 0) is 17.8 Å². The zero-order valence-corrected chi connectivity index (χ0v) is 22.7. The molecule has 0 atom stereocenters. The van der Waals surface area contributed by atoms with Gasteiger partial charge in [0.05, 0.1) is 25.5 Å². The van der Waals surface area contributed by atoms with Gasteiger partial charge in [-0.1, -0.05) is 60.7 Å². The van der Waals surface area contributed by atoms with Gasteiger partial charge in [-0.25, -0.2) is 9.97 Å². The van der Waals surface area contributed by atoms with E-state index in [0.29, 0.717) is 32.1 Å². The smallest absolute Gasteiger partial charge is 0.386 e. The summed E-state index contributed by atoms with van der Waals surface area (Å²) in [5.74, 6) is -0.345. The molecule has 1 fully saturated rings. The highest BCUT2D eigenvalue weighted by molar-refractivity contribution is 6.00. The molecule has 0 saturated carbocycles. The average Bonchev–Trinajstić information content (AvgIpc) is 3.40. The summed E-state index contributed by atoms with van der Waals surface area (Å²) in [5, 5.41) is 10.3. The molecule has 0 spiro atoms. The Morgan fingerprint density at radius 2 is 1.67 bits per heavy atom. The minimum Gasteiger partial charge on any atom is -0.386 e. The van der Waals surface area contributed by atoms with Crippen LogP contribution in [0, 0.1) is 0 Å². The molecule has 0 radical (unpaired) electrons. The van der Waals surface area contributed by atoms with E-state index in [4.69, 9.17) is 4.74 Å². The number of aromatic nitrogens is 4. The number of benzene rings is 2. The van der Waals surface area contributed by atoms with E-state index in [1.165, 1.54) is 24.5 Å². The Morgan fingerprint density at radius 1 is 1.00 bits per heavy atom. The number of carbonyl (C=O) groups excluding carboxylic acids is 1. The Morgan fingerprint density at radius 3 is 2.28 bits per heavy atom. The summed E-state index contributed by atoms with van der Waals surface area (Å²) in [7, 11) is 0. The molecule has 0 bridgehead atoms. The number of pyridine rings is 1. The van der Waals surface area contributed by atoms with E-state index in [2.05, 4.69) is 35.3 Å². The third-order valence-electron chi connectivity index (χ3n) is 6.67. The maximum Gasteiger partial charge on any atom is 0.574 e. The second-order valence-electron chi connectivity index (χ2n) is 9.86. The van der Waals surface area contributed by atoms with Crippen molar-refractivity contribution in [3.05, 3.63) is 108 Å². The lowest BCUT2D eigenvalue weighted by Gasteiger charge is -2.27. The summed E-state index contributed by atoms with van der Waals surface area (Å²) in [6.45, 7) is 1.73. The van der Waals surface area contributed by atoms with Gasteiger partial charge in [-0.3, -0.25) is 4.79 Å². The van der Waals surface area contributed by atoms with Crippen LogP contribution in [0.3, 0.4) is 0 Å². The Balaban J connectivity index is 1.46. The van der Waals surface area contributed by atoms with Crippen LogP contribution in [0.2, 0.25) is 0 Å². The van der Waals surface area contributed by atoms with E-state index < -0.39 is 12.2 Å². The van der Waals surface area contributed by atoms with Crippen LogP contribution in [-0.4, -0.2) is 51.1 Å². The SMILES string of the molecule is O=C(NC1COC1)c1cnn2c(N(Cc3ccccc3)Cc3ccccc3)cc(Nc3cccnc3OC(F)(F)F)nc12. The maximum atomic E-state index is 13.2. The minimum absolute atomic E-state index is 0.0579. The molecule has 0 unspecified atom stereocenters. The number of amides is 1. The fourth-order valence-electron chi connectivity index (χ4n) is 4.62. The predicted octanol–water partition coefficient (Wildman–Crippen LogP) is 5.10. The first-order valence-corrected chi connectivity index (χ1v) is 13.4. The standard InChI is InChI=1S/C30H26F3N7O3/c31-30(32,33)43-29-24(12-7-13-34-29)37-25-14-26(40-27(38-25)23(15-35-40)28(41)36-22-18-42-19-22)39(16-20-8-3-1-4-9-20)17-21-10-5-2-6-11-21/h1-15,22H,16-19H2,(H,36,41)(H,37,38). The highest BCUT2D eigenvalue weighted by Crippen LogP contribution is 2.32. The summed E-state index contributed by atoms with van der Waals surface area (Å²) < 4.78 is 50.2. The number of fused-ring (bicyclic) bond motifs is 1. The van der Waals surface area contributed by atoms with Crippen molar-refractivity contribution >= 4 is 28.9 Å². The highest BCUT2D eigenvalue weighted by Gasteiger charge is 2.33. The largest absolute Gasteiger partial charge is 0.574 e. The Labute approximate surface area is 244 Å². The quantitative estimate of drug-likeness (QED) is 0.232. The molecule has 1 amide bonds. The number of hydrogen-bond donors (Lipinski definition) is 2. The van der Waals surface area contributed by atoms with Crippen LogP contribution in [0.15, 0.2) is 91.3 Å². The molecule has 4 heterocycles. The number of ether oxygens (including phenoxy) is 2. The summed E-state index contributed by atoms with van der Waals surface area (Å²) in [6, 6.07) is 24.0. The summed E-state index contributed by atoms with van der Waals surface area (Å²) in [6.07, 6.45) is -2.33. The fraction of sp³-hybridized carbons (Fsp3) is 0.200. The number of anilines is 3. The molecule has 5 aromatic rings. The molecule has 1 aliphatic rings. The summed E-state index contributed by atoms with van der Waals surface area (Å²) in [5.41, 5.74) is 2.39. The fourth-order valence-corrected chi connectivity index (χ4v) is 4.62. The van der Waals surface area contributed by atoms with Crippen LogP contribution in [0.1, 0.15) is 21.5 Å². The first kappa shape index (κ1) is 28.0. The van der Waals surface area contributed by atoms with Gasteiger partial charge >= 0.3 is 6.36 Å². The molecular formula is C30H26F3N7O3. The predicted molar refractivity (Wildman–Crippen MR) is 152 cm³/mol. The third-order valence-corrected chi connectivity index (χ3v) is 6.67. The van der Waals surface area contributed by atoms with Gasteiger partial charge in [-0.15, -0.1) is 13.2 Å². The maximum absolute atomic E-state index is 13.2. The van der Waals surface area contributed by atoms with Gasteiger partial charge in [0.25, 0.3) is 5.91 Å². The van der Waals surface area contributed by atoms with E-state index >= 15 is 0 Å². The summed E-state index contributed by atoms with van der Waals surface area (Å²) >= 11 is 0. The number of hydrogen-bond acceptors (Lipinski definition) is 8. The van der Waals surface area contributed by atoms with Gasteiger partial charge in [-0.2, -0.15) is 9.61 Å². The van der Waals surface area contributed by atoms with Crippen LogP contribution in [0.4, 0.5) is 30.5 Å². The number of alkyl halides is 3. The van der Waals surface area contributed by atoms with Crippen molar-refractivity contribution in [2.24, 2.45) is 0 Å².